The van der Waals surface area contributed by atoms with Gasteiger partial charge in [-0.1, -0.05) is 25.7 Å². The van der Waals surface area contributed by atoms with Gasteiger partial charge in [-0.25, -0.2) is 0 Å². The lowest BCUT2D eigenvalue weighted by Crippen LogP contribution is -2.41. The first-order valence-electron chi connectivity index (χ1n) is 7.28. The highest BCUT2D eigenvalue weighted by Gasteiger charge is 2.40. The molecule has 2 nitrogen and oxygen atoms in total. The van der Waals surface area contributed by atoms with Crippen molar-refractivity contribution in [1.82, 2.24) is 5.32 Å². The second-order valence-corrected chi connectivity index (χ2v) is 6.06. The molecule has 1 aliphatic heterocycles. The Bertz CT molecular complexity index is 231. The summed E-state index contributed by atoms with van der Waals surface area (Å²) in [6.45, 7) is 1.10. The zero-order valence-electron chi connectivity index (χ0n) is 10.3. The van der Waals surface area contributed by atoms with Gasteiger partial charge in [0.1, 0.15) is 0 Å². The van der Waals surface area contributed by atoms with Gasteiger partial charge >= 0.3 is 0 Å². The van der Waals surface area contributed by atoms with E-state index in [1.165, 1.54) is 64.2 Å². The molecular weight excluding hydrogens is 198 g/mol. The van der Waals surface area contributed by atoms with E-state index < -0.39 is 0 Å². The van der Waals surface area contributed by atoms with Gasteiger partial charge in [0, 0.05) is 12.6 Å². The highest BCUT2D eigenvalue weighted by molar-refractivity contribution is 4.92. The summed E-state index contributed by atoms with van der Waals surface area (Å²) in [6.07, 6.45) is 14.2. The zero-order valence-corrected chi connectivity index (χ0v) is 10.3. The Kier molecular flexibility index (Phi) is 3.21. The molecule has 0 bridgehead atoms. The summed E-state index contributed by atoms with van der Waals surface area (Å²) < 4.78 is 6.35. The van der Waals surface area contributed by atoms with E-state index in [4.69, 9.17) is 4.74 Å². The van der Waals surface area contributed by atoms with Gasteiger partial charge in [-0.05, 0) is 38.5 Å². The van der Waals surface area contributed by atoms with E-state index in [9.17, 15) is 0 Å². The van der Waals surface area contributed by atoms with Crippen LogP contribution in [0.3, 0.4) is 0 Å². The lowest BCUT2D eigenvalue weighted by atomic mass is 9.83. The molecule has 3 rings (SSSR count). The van der Waals surface area contributed by atoms with Gasteiger partial charge in [0.15, 0.2) is 0 Å². The smallest absolute Gasteiger partial charge is 0.0708 e. The number of ether oxygens (including phenoxy) is 1. The summed E-state index contributed by atoms with van der Waals surface area (Å²) in [7, 11) is 0. The molecule has 92 valence electrons. The van der Waals surface area contributed by atoms with Crippen molar-refractivity contribution in [2.75, 3.05) is 6.54 Å². The Labute approximate surface area is 99.1 Å². The van der Waals surface area contributed by atoms with Gasteiger partial charge in [-0.15, -0.1) is 0 Å². The van der Waals surface area contributed by atoms with Crippen molar-refractivity contribution in [3.05, 3.63) is 0 Å². The average molecular weight is 223 g/mol. The SMILES string of the molecule is C1CCC2(CC1)CCC(CNC1CCC1)O2. The maximum Gasteiger partial charge on any atom is 0.0708 e. The summed E-state index contributed by atoms with van der Waals surface area (Å²) in [5.74, 6) is 0. The van der Waals surface area contributed by atoms with Crippen molar-refractivity contribution in [1.29, 1.82) is 0 Å². The topological polar surface area (TPSA) is 21.3 Å². The van der Waals surface area contributed by atoms with Gasteiger partial charge in [-0.3, -0.25) is 0 Å². The summed E-state index contributed by atoms with van der Waals surface area (Å²) in [5, 5.41) is 3.66. The van der Waals surface area contributed by atoms with E-state index in [1.54, 1.807) is 0 Å². The molecule has 16 heavy (non-hydrogen) atoms. The quantitative estimate of drug-likeness (QED) is 0.794. The lowest BCUT2D eigenvalue weighted by Gasteiger charge is -2.34. The predicted molar refractivity (Wildman–Crippen MR) is 65.6 cm³/mol. The monoisotopic (exact) mass is 223 g/mol. The second-order valence-electron chi connectivity index (χ2n) is 6.06. The largest absolute Gasteiger partial charge is 0.370 e. The third-order valence-corrected chi connectivity index (χ3v) is 4.84. The fraction of sp³-hybridized carbons (Fsp3) is 1.00. The summed E-state index contributed by atoms with van der Waals surface area (Å²) >= 11 is 0. The Morgan fingerprint density at radius 3 is 2.44 bits per heavy atom. The molecule has 3 fully saturated rings. The van der Waals surface area contributed by atoms with Crippen LogP contribution in [0.5, 0.6) is 0 Å². The summed E-state index contributed by atoms with van der Waals surface area (Å²) in [5.41, 5.74) is 0.310. The minimum absolute atomic E-state index is 0.310. The molecule has 0 aromatic carbocycles. The molecule has 3 aliphatic rings. The van der Waals surface area contributed by atoms with E-state index in [-0.39, 0.29) is 0 Å². The van der Waals surface area contributed by atoms with Crippen molar-refractivity contribution in [3.63, 3.8) is 0 Å². The Hall–Kier alpha value is -0.0800. The van der Waals surface area contributed by atoms with Crippen LogP contribution < -0.4 is 5.32 Å². The fourth-order valence-electron chi connectivity index (χ4n) is 3.51. The Morgan fingerprint density at radius 1 is 0.938 bits per heavy atom. The van der Waals surface area contributed by atoms with Crippen LogP contribution in [0, 0.1) is 0 Å². The average Bonchev–Trinajstić information content (AvgIpc) is 2.61. The third-order valence-electron chi connectivity index (χ3n) is 4.84. The van der Waals surface area contributed by atoms with E-state index in [0.717, 1.165) is 12.6 Å². The maximum atomic E-state index is 6.35. The second kappa shape index (κ2) is 4.66. The molecule has 1 atom stereocenters. The van der Waals surface area contributed by atoms with Gasteiger partial charge in [0.05, 0.1) is 11.7 Å². The predicted octanol–water partition coefficient (Wildman–Crippen LogP) is 3.01. The van der Waals surface area contributed by atoms with Crippen LogP contribution in [0.1, 0.15) is 64.2 Å². The molecule has 1 heterocycles. The highest BCUT2D eigenvalue weighted by atomic mass is 16.5. The zero-order chi connectivity index (χ0) is 10.8. The van der Waals surface area contributed by atoms with Crippen LogP contribution in [0.2, 0.25) is 0 Å². The van der Waals surface area contributed by atoms with E-state index in [1.807, 2.05) is 0 Å². The number of nitrogens with one attached hydrogen (secondary N) is 1. The van der Waals surface area contributed by atoms with Crippen LogP contribution in [-0.4, -0.2) is 24.3 Å². The molecule has 2 saturated carbocycles. The van der Waals surface area contributed by atoms with Gasteiger partial charge in [-0.2, -0.15) is 0 Å². The van der Waals surface area contributed by atoms with Crippen LogP contribution in [0.15, 0.2) is 0 Å². The molecule has 2 aliphatic carbocycles. The van der Waals surface area contributed by atoms with Crippen molar-refractivity contribution in [2.24, 2.45) is 0 Å². The van der Waals surface area contributed by atoms with E-state index in [2.05, 4.69) is 5.32 Å². The third kappa shape index (κ3) is 2.28. The lowest BCUT2D eigenvalue weighted by molar-refractivity contribution is -0.0634. The molecule has 0 aromatic heterocycles. The molecule has 0 amide bonds. The van der Waals surface area contributed by atoms with Crippen molar-refractivity contribution >= 4 is 0 Å². The van der Waals surface area contributed by atoms with Crippen LogP contribution in [-0.2, 0) is 4.74 Å². The Morgan fingerprint density at radius 2 is 1.75 bits per heavy atom. The van der Waals surface area contributed by atoms with E-state index >= 15 is 0 Å². The molecule has 1 saturated heterocycles. The van der Waals surface area contributed by atoms with Crippen LogP contribution in [0.25, 0.3) is 0 Å². The molecule has 0 radical (unpaired) electrons. The summed E-state index contributed by atoms with van der Waals surface area (Å²) in [6, 6.07) is 0.812. The molecule has 1 unspecified atom stereocenters. The fourth-order valence-corrected chi connectivity index (χ4v) is 3.51. The number of rotatable bonds is 3. The molecule has 1 N–H and O–H groups in total. The van der Waals surface area contributed by atoms with Crippen molar-refractivity contribution in [2.45, 2.75) is 82.0 Å². The minimum Gasteiger partial charge on any atom is -0.370 e. The molecule has 1 spiro atoms. The van der Waals surface area contributed by atoms with Crippen LogP contribution in [0.4, 0.5) is 0 Å². The van der Waals surface area contributed by atoms with Crippen molar-refractivity contribution < 1.29 is 4.74 Å². The molecular formula is C14H25NO. The van der Waals surface area contributed by atoms with Gasteiger partial charge < -0.3 is 10.1 Å². The minimum atomic E-state index is 0.310. The standard InChI is InChI=1S/C14H25NO/c1-2-8-14(9-3-1)10-7-13(16-14)11-15-12-5-4-6-12/h12-13,15H,1-11H2. The molecule has 0 aromatic rings. The Balaban J connectivity index is 1.44. The van der Waals surface area contributed by atoms with Crippen molar-refractivity contribution in [3.8, 4) is 0 Å². The summed E-state index contributed by atoms with van der Waals surface area (Å²) in [4.78, 5) is 0. The highest BCUT2D eigenvalue weighted by Crippen LogP contribution is 2.41. The molecule has 2 heteroatoms. The normalized spacial score (nSPS) is 34.1. The first kappa shape index (κ1) is 11.0. The first-order chi connectivity index (χ1) is 7.86. The van der Waals surface area contributed by atoms with E-state index in [0.29, 0.717) is 11.7 Å². The van der Waals surface area contributed by atoms with Gasteiger partial charge in [0.25, 0.3) is 0 Å². The van der Waals surface area contributed by atoms with Gasteiger partial charge in [0.2, 0.25) is 0 Å². The van der Waals surface area contributed by atoms with Crippen LogP contribution >= 0.6 is 0 Å². The number of hydrogen-bond donors (Lipinski definition) is 1. The number of hydrogen-bond acceptors (Lipinski definition) is 2. The maximum absolute atomic E-state index is 6.35. The first-order valence-corrected chi connectivity index (χ1v) is 7.28.